The second-order valence-electron chi connectivity index (χ2n) is 4.47. The van der Waals surface area contributed by atoms with Crippen LogP contribution in [-0.2, 0) is 4.74 Å². The Kier molecular flexibility index (Phi) is 3.44. The fourth-order valence-electron chi connectivity index (χ4n) is 1.95. The SMILES string of the molecule is Cc1cnn(-c2nc(NN)nc(N3CCOCC3)n2)c1. The van der Waals surface area contributed by atoms with Crippen LogP contribution < -0.4 is 16.2 Å². The zero-order valence-corrected chi connectivity index (χ0v) is 11.2. The highest BCUT2D eigenvalue weighted by molar-refractivity contribution is 5.39. The Bertz CT molecular complexity index is 592. The minimum Gasteiger partial charge on any atom is -0.378 e. The van der Waals surface area contributed by atoms with Gasteiger partial charge in [0.15, 0.2) is 0 Å². The number of hydrogen-bond donors (Lipinski definition) is 2. The molecule has 106 valence electrons. The predicted octanol–water partition coefficient (Wildman–Crippen LogP) is -0.512. The van der Waals surface area contributed by atoms with Gasteiger partial charge in [-0.25, -0.2) is 10.5 Å². The van der Waals surface area contributed by atoms with Gasteiger partial charge in [-0.2, -0.15) is 20.1 Å². The van der Waals surface area contributed by atoms with E-state index in [1.165, 1.54) is 0 Å². The van der Waals surface area contributed by atoms with Crippen molar-refractivity contribution in [1.29, 1.82) is 0 Å². The van der Waals surface area contributed by atoms with Crippen molar-refractivity contribution < 1.29 is 4.74 Å². The van der Waals surface area contributed by atoms with E-state index in [1.54, 1.807) is 10.9 Å². The van der Waals surface area contributed by atoms with E-state index < -0.39 is 0 Å². The molecule has 0 atom stereocenters. The van der Waals surface area contributed by atoms with Crippen molar-refractivity contribution in [3.63, 3.8) is 0 Å². The number of hydrazine groups is 1. The second-order valence-corrected chi connectivity index (χ2v) is 4.47. The summed E-state index contributed by atoms with van der Waals surface area (Å²) >= 11 is 0. The van der Waals surface area contributed by atoms with E-state index in [9.17, 15) is 0 Å². The van der Waals surface area contributed by atoms with Gasteiger partial charge in [-0.1, -0.05) is 0 Å². The highest BCUT2D eigenvalue weighted by Gasteiger charge is 2.17. The fourth-order valence-corrected chi connectivity index (χ4v) is 1.95. The average molecular weight is 276 g/mol. The van der Waals surface area contributed by atoms with Crippen molar-refractivity contribution >= 4 is 11.9 Å². The predicted molar refractivity (Wildman–Crippen MR) is 72.5 cm³/mol. The molecule has 1 aliphatic heterocycles. The molecular weight excluding hydrogens is 260 g/mol. The van der Waals surface area contributed by atoms with Crippen LogP contribution >= 0.6 is 0 Å². The lowest BCUT2D eigenvalue weighted by molar-refractivity contribution is 0.122. The maximum Gasteiger partial charge on any atom is 0.257 e. The summed E-state index contributed by atoms with van der Waals surface area (Å²) in [6, 6.07) is 0. The first-order valence-corrected chi connectivity index (χ1v) is 6.33. The largest absolute Gasteiger partial charge is 0.378 e. The molecular formula is C11H16N8O. The minimum absolute atomic E-state index is 0.310. The van der Waals surface area contributed by atoms with Crippen LogP contribution in [-0.4, -0.2) is 51.0 Å². The van der Waals surface area contributed by atoms with Crippen molar-refractivity contribution in [1.82, 2.24) is 24.7 Å². The number of nitrogens with zero attached hydrogens (tertiary/aromatic N) is 6. The van der Waals surface area contributed by atoms with E-state index in [2.05, 4.69) is 25.5 Å². The van der Waals surface area contributed by atoms with E-state index in [1.807, 2.05) is 18.0 Å². The van der Waals surface area contributed by atoms with Crippen LogP contribution in [0.4, 0.5) is 11.9 Å². The Morgan fingerprint density at radius 1 is 1.20 bits per heavy atom. The van der Waals surface area contributed by atoms with Crippen LogP contribution in [0.5, 0.6) is 0 Å². The third kappa shape index (κ3) is 2.53. The van der Waals surface area contributed by atoms with Gasteiger partial charge >= 0.3 is 0 Å². The Morgan fingerprint density at radius 3 is 2.60 bits per heavy atom. The fraction of sp³-hybridized carbons (Fsp3) is 0.455. The van der Waals surface area contributed by atoms with Crippen LogP contribution in [0.25, 0.3) is 5.95 Å². The maximum absolute atomic E-state index is 5.42. The molecule has 0 radical (unpaired) electrons. The lowest BCUT2D eigenvalue weighted by Crippen LogP contribution is -2.37. The summed E-state index contributed by atoms with van der Waals surface area (Å²) in [6.45, 7) is 4.76. The topological polar surface area (TPSA) is 107 Å². The highest BCUT2D eigenvalue weighted by Crippen LogP contribution is 2.14. The first-order chi connectivity index (χ1) is 9.76. The lowest BCUT2D eigenvalue weighted by atomic mass is 10.4. The Morgan fingerprint density at radius 2 is 1.95 bits per heavy atom. The van der Waals surface area contributed by atoms with E-state index >= 15 is 0 Å². The zero-order chi connectivity index (χ0) is 13.9. The standard InChI is InChI=1S/C11H16N8O/c1-8-6-13-19(7-8)11-15-9(17-12)14-10(16-11)18-2-4-20-5-3-18/h6-7H,2-5,12H2,1H3,(H,14,15,16,17). The number of ether oxygens (including phenoxy) is 1. The van der Waals surface area contributed by atoms with Crippen molar-refractivity contribution in [3.8, 4) is 5.95 Å². The second kappa shape index (κ2) is 5.39. The Labute approximate surface area is 115 Å². The molecule has 0 bridgehead atoms. The summed E-state index contributed by atoms with van der Waals surface area (Å²) < 4.78 is 6.92. The Hall–Kier alpha value is -2.26. The molecule has 0 saturated carbocycles. The molecule has 0 unspecified atom stereocenters. The smallest absolute Gasteiger partial charge is 0.257 e. The number of aromatic nitrogens is 5. The number of nitrogens with one attached hydrogen (secondary N) is 1. The molecule has 3 rings (SSSR count). The van der Waals surface area contributed by atoms with Gasteiger partial charge in [-0.3, -0.25) is 5.43 Å². The summed E-state index contributed by atoms with van der Waals surface area (Å²) in [7, 11) is 0. The highest BCUT2D eigenvalue weighted by atomic mass is 16.5. The Balaban J connectivity index is 1.97. The molecule has 0 spiro atoms. The molecule has 9 heteroatoms. The van der Waals surface area contributed by atoms with Crippen molar-refractivity contribution in [2.24, 2.45) is 5.84 Å². The molecule has 3 N–H and O–H groups in total. The van der Waals surface area contributed by atoms with Crippen LogP contribution in [0.1, 0.15) is 5.56 Å². The molecule has 0 aliphatic carbocycles. The monoisotopic (exact) mass is 276 g/mol. The third-order valence-corrected chi connectivity index (χ3v) is 2.95. The molecule has 1 fully saturated rings. The molecule has 9 nitrogen and oxygen atoms in total. The molecule has 1 aliphatic rings. The van der Waals surface area contributed by atoms with Gasteiger partial charge in [0.05, 0.1) is 19.4 Å². The zero-order valence-electron chi connectivity index (χ0n) is 11.2. The summed E-state index contributed by atoms with van der Waals surface area (Å²) in [5.41, 5.74) is 3.49. The van der Waals surface area contributed by atoms with E-state index in [4.69, 9.17) is 10.6 Å². The number of aryl methyl sites for hydroxylation is 1. The first-order valence-electron chi connectivity index (χ1n) is 6.33. The van der Waals surface area contributed by atoms with Crippen LogP contribution in [0, 0.1) is 6.92 Å². The van der Waals surface area contributed by atoms with Gasteiger partial charge in [0.1, 0.15) is 0 Å². The van der Waals surface area contributed by atoms with E-state index in [-0.39, 0.29) is 0 Å². The first kappa shape index (κ1) is 12.8. The summed E-state index contributed by atoms with van der Waals surface area (Å²) in [5.74, 6) is 6.74. The average Bonchev–Trinajstić information content (AvgIpc) is 2.94. The van der Waals surface area contributed by atoms with Gasteiger partial charge < -0.3 is 9.64 Å². The van der Waals surface area contributed by atoms with Gasteiger partial charge in [0.25, 0.3) is 5.95 Å². The summed E-state index contributed by atoms with van der Waals surface area (Å²) in [4.78, 5) is 15.0. The van der Waals surface area contributed by atoms with Gasteiger partial charge in [-0.05, 0) is 12.5 Å². The van der Waals surface area contributed by atoms with Crippen LogP contribution in [0.3, 0.4) is 0 Å². The number of nitrogens with two attached hydrogens (primary N) is 1. The number of rotatable bonds is 3. The molecule has 1 saturated heterocycles. The molecule has 0 aromatic carbocycles. The normalized spacial score (nSPS) is 15.4. The van der Waals surface area contributed by atoms with E-state index in [0.717, 1.165) is 18.7 Å². The number of hydrogen-bond acceptors (Lipinski definition) is 8. The van der Waals surface area contributed by atoms with Gasteiger partial charge in [-0.15, -0.1) is 0 Å². The van der Waals surface area contributed by atoms with Crippen molar-refractivity contribution in [2.75, 3.05) is 36.6 Å². The molecule has 0 amide bonds. The molecule has 20 heavy (non-hydrogen) atoms. The summed E-state index contributed by atoms with van der Waals surface area (Å²) in [6.07, 6.45) is 3.59. The van der Waals surface area contributed by atoms with Crippen molar-refractivity contribution in [2.45, 2.75) is 6.92 Å². The molecule has 2 aromatic rings. The minimum atomic E-state index is 0.310. The van der Waals surface area contributed by atoms with E-state index in [0.29, 0.717) is 31.1 Å². The van der Waals surface area contributed by atoms with Crippen LogP contribution in [0.2, 0.25) is 0 Å². The number of morpholine rings is 1. The quantitative estimate of drug-likeness (QED) is 0.570. The van der Waals surface area contributed by atoms with Crippen molar-refractivity contribution in [3.05, 3.63) is 18.0 Å². The molecule has 3 heterocycles. The third-order valence-electron chi connectivity index (χ3n) is 2.95. The maximum atomic E-state index is 5.42. The number of anilines is 2. The van der Waals surface area contributed by atoms with Crippen LogP contribution in [0.15, 0.2) is 12.4 Å². The summed E-state index contributed by atoms with van der Waals surface area (Å²) in [5, 5.41) is 4.20. The van der Waals surface area contributed by atoms with Gasteiger partial charge in [0.2, 0.25) is 11.9 Å². The molecule has 2 aromatic heterocycles. The number of nitrogen functional groups attached to an aromatic ring is 1. The van der Waals surface area contributed by atoms with Gasteiger partial charge in [0, 0.05) is 19.3 Å². The lowest BCUT2D eigenvalue weighted by Gasteiger charge is -2.26.